The van der Waals surface area contributed by atoms with Crippen molar-refractivity contribution in [1.29, 1.82) is 0 Å². The van der Waals surface area contributed by atoms with Crippen molar-refractivity contribution in [2.24, 2.45) is 13.0 Å². The average molecular weight is 353 g/mol. The van der Waals surface area contributed by atoms with Gasteiger partial charge in [0.15, 0.2) is 0 Å². The first-order chi connectivity index (χ1) is 12.5. The van der Waals surface area contributed by atoms with E-state index < -0.39 is 0 Å². The summed E-state index contributed by atoms with van der Waals surface area (Å²) in [4.78, 5) is 29.6. The summed E-state index contributed by atoms with van der Waals surface area (Å²) >= 11 is 0. The SMILES string of the molecule is Cc1ccc2c(c1)cc(C(=O)N1CC[C@@H](C(=O)N3CCCCC3)C1)n2C. The van der Waals surface area contributed by atoms with Crippen LogP contribution in [0.1, 0.15) is 41.7 Å². The molecule has 1 aromatic heterocycles. The average Bonchev–Trinajstić information content (AvgIpc) is 3.26. The number of carbonyl (C=O) groups excluding carboxylic acids is 2. The smallest absolute Gasteiger partial charge is 0.270 e. The molecule has 0 saturated carbocycles. The summed E-state index contributed by atoms with van der Waals surface area (Å²) in [5.74, 6) is 0.247. The molecular formula is C21H27N3O2. The molecule has 138 valence electrons. The van der Waals surface area contributed by atoms with E-state index in [4.69, 9.17) is 0 Å². The molecule has 26 heavy (non-hydrogen) atoms. The van der Waals surface area contributed by atoms with Gasteiger partial charge >= 0.3 is 0 Å². The number of likely N-dealkylation sites (tertiary alicyclic amines) is 2. The van der Waals surface area contributed by atoms with Crippen LogP contribution in [0.25, 0.3) is 10.9 Å². The third kappa shape index (κ3) is 3.00. The van der Waals surface area contributed by atoms with Crippen molar-refractivity contribution in [2.45, 2.75) is 32.6 Å². The van der Waals surface area contributed by atoms with Crippen molar-refractivity contribution >= 4 is 22.7 Å². The Morgan fingerprint density at radius 2 is 1.77 bits per heavy atom. The zero-order valence-electron chi connectivity index (χ0n) is 15.7. The van der Waals surface area contributed by atoms with Gasteiger partial charge in [0.25, 0.3) is 5.91 Å². The number of aromatic nitrogens is 1. The summed E-state index contributed by atoms with van der Waals surface area (Å²) in [5.41, 5.74) is 2.96. The van der Waals surface area contributed by atoms with E-state index in [-0.39, 0.29) is 17.7 Å². The largest absolute Gasteiger partial charge is 0.342 e. The van der Waals surface area contributed by atoms with Gasteiger partial charge in [-0.1, -0.05) is 11.6 Å². The lowest BCUT2D eigenvalue weighted by molar-refractivity contribution is -0.135. The Morgan fingerprint density at radius 1 is 1.00 bits per heavy atom. The highest BCUT2D eigenvalue weighted by Crippen LogP contribution is 2.25. The van der Waals surface area contributed by atoms with E-state index in [0.717, 1.165) is 43.3 Å². The van der Waals surface area contributed by atoms with Crippen LogP contribution in [0.15, 0.2) is 24.3 Å². The first-order valence-electron chi connectivity index (χ1n) is 9.69. The van der Waals surface area contributed by atoms with E-state index in [9.17, 15) is 9.59 Å². The van der Waals surface area contributed by atoms with Gasteiger partial charge in [-0.2, -0.15) is 0 Å². The Balaban J connectivity index is 1.49. The van der Waals surface area contributed by atoms with Gasteiger partial charge in [0, 0.05) is 44.1 Å². The zero-order valence-corrected chi connectivity index (χ0v) is 15.7. The monoisotopic (exact) mass is 353 g/mol. The van der Waals surface area contributed by atoms with Crippen molar-refractivity contribution in [2.75, 3.05) is 26.2 Å². The Kier molecular flexibility index (Phi) is 4.47. The first kappa shape index (κ1) is 17.1. The van der Waals surface area contributed by atoms with Crippen molar-refractivity contribution in [1.82, 2.24) is 14.4 Å². The third-order valence-corrected chi connectivity index (χ3v) is 5.91. The zero-order chi connectivity index (χ0) is 18.3. The van der Waals surface area contributed by atoms with Crippen LogP contribution in [0, 0.1) is 12.8 Å². The molecule has 1 atom stereocenters. The van der Waals surface area contributed by atoms with Gasteiger partial charge in [0.2, 0.25) is 5.91 Å². The number of hydrogen-bond donors (Lipinski definition) is 0. The van der Waals surface area contributed by atoms with Crippen molar-refractivity contribution in [3.8, 4) is 0 Å². The number of amides is 2. The second kappa shape index (κ2) is 6.78. The molecule has 2 saturated heterocycles. The third-order valence-electron chi connectivity index (χ3n) is 5.91. The van der Waals surface area contributed by atoms with Gasteiger partial charge in [-0.05, 0) is 50.8 Å². The molecule has 5 nitrogen and oxygen atoms in total. The van der Waals surface area contributed by atoms with E-state index in [1.54, 1.807) is 0 Å². The van der Waals surface area contributed by atoms with E-state index in [1.807, 2.05) is 27.5 Å². The fraction of sp³-hybridized carbons (Fsp3) is 0.524. The molecule has 1 aromatic carbocycles. The summed E-state index contributed by atoms with van der Waals surface area (Å²) in [6.07, 6.45) is 4.22. The molecule has 0 aliphatic carbocycles. The molecule has 0 radical (unpaired) electrons. The van der Waals surface area contributed by atoms with Crippen LogP contribution in [-0.2, 0) is 11.8 Å². The predicted molar refractivity (Wildman–Crippen MR) is 102 cm³/mol. The highest BCUT2D eigenvalue weighted by molar-refractivity contribution is 5.99. The van der Waals surface area contributed by atoms with Crippen molar-refractivity contribution in [3.63, 3.8) is 0 Å². The minimum absolute atomic E-state index is 0.0334. The summed E-state index contributed by atoms with van der Waals surface area (Å²) < 4.78 is 1.97. The summed E-state index contributed by atoms with van der Waals surface area (Å²) in [7, 11) is 1.94. The van der Waals surface area contributed by atoms with Gasteiger partial charge in [-0.3, -0.25) is 9.59 Å². The van der Waals surface area contributed by atoms with E-state index >= 15 is 0 Å². The molecule has 2 aliphatic rings. The lowest BCUT2D eigenvalue weighted by Crippen LogP contribution is -2.41. The molecule has 2 aromatic rings. The fourth-order valence-electron chi connectivity index (χ4n) is 4.35. The normalized spacial score (nSPS) is 20.8. The Labute approximate surface area is 154 Å². The fourth-order valence-corrected chi connectivity index (χ4v) is 4.35. The van der Waals surface area contributed by atoms with Gasteiger partial charge in [0.1, 0.15) is 5.69 Å². The number of nitrogens with zero attached hydrogens (tertiary/aromatic N) is 3. The van der Waals surface area contributed by atoms with Crippen LogP contribution < -0.4 is 0 Å². The Hall–Kier alpha value is -2.30. The number of piperidine rings is 1. The lowest BCUT2D eigenvalue weighted by atomic mass is 10.0. The maximum Gasteiger partial charge on any atom is 0.270 e. The van der Waals surface area contributed by atoms with Crippen LogP contribution in [0.5, 0.6) is 0 Å². The summed E-state index contributed by atoms with van der Waals surface area (Å²) in [5, 5.41) is 1.09. The number of aryl methyl sites for hydroxylation is 2. The molecular weight excluding hydrogens is 326 g/mol. The second-order valence-electron chi connectivity index (χ2n) is 7.77. The van der Waals surface area contributed by atoms with Crippen molar-refractivity contribution in [3.05, 3.63) is 35.5 Å². The number of carbonyl (C=O) groups is 2. The van der Waals surface area contributed by atoms with E-state index in [1.165, 1.54) is 12.0 Å². The molecule has 0 bridgehead atoms. The minimum atomic E-state index is -0.0334. The van der Waals surface area contributed by atoms with Crippen LogP contribution >= 0.6 is 0 Å². The molecule has 2 amide bonds. The highest BCUT2D eigenvalue weighted by atomic mass is 16.2. The van der Waals surface area contributed by atoms with Crippen molar-refractivity contribution < 1.29 is 9.59 Å². The Bertz CT molecular complexity index is 848. The van der Waals surface area contributed by atoms with Crippen LogP contribution in [0.3, 0.4) is 0 Å². The number of hydrogen-bond acceptors (Lipinski definition) is 2. The standard InChI is InChI=1S/C21H27N3O2/c1-15-6-7-18-17(12-15)13-19(22(18)2)21(26)24-11-8-16(14-24)20(25)23-9-4-3-5-10-23/h6-7,12-13,16H,3-5,8-11,14H2,1-2H3/t16-/m1/s1. The molecule has 3 heterocycles. The molecule has 0 unspecified atom stereocenters. The van der Waals surface area contributed by atoms with Crippen LogP contribution in [0.4, 0.5) is 0 Å². The topological polar surface area (TPSA) is 45.6 Å². The number of benzene rings is 1. The quantitative estimate of drug-likeness (QED) is 0.833. The molecule has 0 spiro atoms. The lowest BCUT2D eigenvalue weighted by Gasteiger charge is -2.29. The van der Waals surface area contributed by atoms with E-state index in [0.29, 0.717) is 18.8 Å². The van der Waals surface area contributed by atoms with E-state index in [2.05, 4.69) is 25.1 Å². The van der Waals surface area contributed by atoms with Gasteiger partial charge < -0.3 is 14.4 Å². The minimum Gasteiger partial charge on any atom is -0.342 e. The molecule has 4 rings (SSSR count). The molecule has 0 N–H and O–H groups in total. The maximum atomic E-state index is 13.0. The van der Waals surface area contributed by atoms with Gasteiger partial charge in [-0.25, -0.2) is 0 Å². The summed E-state index contributed by atoms with van der Waals surface area (Å²) in [6.45, 7) is 5.04. The first-order valence-corrected chi connectivity index (χ1v) is 9.69. The maximum absolute atomic E-state index is 13.0. The number of rotatable bonds is 2. The van der Waals surface area contributed by atoms with Crippen LogP contribution in [0.2, 0.25) is 0 Å². The van der Waals surface area contributed by atoms with Crippen LogP contribution in [-0.4, -0.2) is 52.4 Å². The molecule has 5 heteroatoms. The summed E-state index contributed by atoms with van der Waals surface area (Å²) in [6, 6.07) is 8.22. The van der Waals surface area contributed by atoms with Gasteiger partial charge in [-0.15, -0.1) is 0 Å². The molecule has 2 aliphatic heterocycles. The second-order valence-corrected chi connectivity index (χ2v) is 7.77. The Morgan fingerprint density at radius 3 is 2.54 bits per heavy atom. The van der Waals surface area contributed by atoms with Gasteiger partial charge in [0.05, 0.1) is 5.92 Å². The predicted octanol–water partition coefficient (Wildman–Crippen LogP) is 2.96. The highest BCUT2D eigenvalue weighted by Gasteiger charge is 2.35. The molecule has 2 fully saturated rings. The number of fused-ring (bicyclic) bond motifs is 1.